The molecule has 1 aromatic carbocycles. The summed E-state index contributed by atoms with van der Waals surface area (Å²) in [5.74, 6) is 1.95. The van der Waals surface area contributed by atoms with Crippen molar-refractivity contribution in [3.63, 3.8) is 0 Å². The molecule has 1 aromatic rings. The molecule has 0 radical (unpaired) electrons. The fourth-order valence-corrected chi connectivity index (χ4v) is 3.50. The van der Waals surface area contributed by atoms with Crippen LogP contribution in [0.4, 0.5) is 0 Å². The standard InChI is InChI=1S/C19H31NO/c1-4-6-16-7-11-18(12-8-16)20-15(3)17-9-13-19(14-10-17)21-5-2/h9-10,13-16,18,20H,4-8,11-12H2,1-3H3. The van der Waals surface area contributed by atoms with Crippen LogP contribution in [0.3, 0.4) is 0 Å². The lowest BCUT2D eigenvalue weighted by Gasteiger charge is -2.31. The molecule has 21 heavy (non-hydrogen) atoms. The number of benzene rings is 1. The lowest BCUT2D eigenvalue weighted by Crippen LogP contribution is -2.35. The van der Waals surface area contributed by atoms with Gasteiger partial charge in [-0.25, -0.2) is 0 Å². The van der Waals surface area contributed by atoms with Crippen LogP contribution in [0.1, 0.15) is 70.9 Å². The van der Waals surface area contributed by atoms with E-state index in [0.717, 1.165) is 18.3 Å². The van der Waals surface area contributed by atoms with Crippen LogP contribution in [-0.4, -0.2) is 12.6 Å². The van der Waals surface area contributed by atoms with Crippen LogP contribution < -0.4 is 10.1 Å². The molecule has 2 heteroatoms. The highest BCUT2D eigenvalue weighted by Crippen LogP contribution is 2.29. The van der Waals surface area contributed by atoms with Crippen LogP contribution in [0.25, 0.3) is 0 Å². The fraction of sp³-hybridized carbons (Fsp3) is 0.684. The van der Waals surface area contributed by atoms with E-state index in [1.165, 1.54) is 44.1 Å². The minimum absolute atomic E-state index is 0.424. The molecule has 1 N–H and O–H groups in total. The van der Waals surface area contributed by atoms with E-state index in [1.54, 1.807) is 0 Å². The van der Waals surface area contributed by atoms with Gasteiger partial charge in [0.25, 0.3) is 0 Å². The van der Waals surface area contributed by atoms with Gasteiger partial charge in [-0.3, -0.25) is 0 Å². The first kappa shape index (κ1) is 16.4. The summed E-state index contributed by atoms with van der Waals surface area (Å²) in [6.07, 6.45) is 8.24. The second-order valence-corrected chi connectivity index (χ2v) is 6.40. The second kappa shape index (κ2) is 8.43. The highest BCUT2D eigenvalue weighted by Gasteiger charge is 2.21. The van der Waals surface area contributed by atoms with Crippen molar-refractivity contribution < 1.29 is 4.74 Å². The Morgan fingerprint density at radius 1 is 1.10 bits per heavy atom. The zero-order valence-electron chi connectivity index (χ0n) is 13.9. The van der Waals surface area contributed by atoms with Gasteiger partial charge in [0.2, 0.25) is 0 Å². The van der Waals surface area contributed by atoms with Gasteiger partial charge in [-0.05, 0) is 63.1 Å². The summed E-state index contributed by atoms with van der Waals surface area (Å²) in [7, 11) is 0. The van der Waals surface area contributed by atoms with Crippen LogP contribution in [0, 0.1) is 5.92 Å². The molecule has 0 amide bonds. The van der Waals surface area contributed by atoms with Gasteiger partial charge in [-0.1, -0.05) is 31.9 Å². The normalized spacial score (nSPS) is 23.8. The Hall–Kier alpha value is -1.02. The average Bonchev–Trinajstić information content (AvgIpc) is 2.50. The van der Waals surface area contributed by atoms with Gasteiger partial charge in [-0.2, -0.15) is 0 Å². The smallest absolute Gasteiger partial charge is 0.119 e. The Morgan fingerprint density at radius 3 is 2.33 bits per heavy atom. The lowest BCUT2D eigenvalue weighted by atomic mass is 9.83. The van der Waals surface area contributed by atoms with Crippen molar-refractivity contribution in [2.24, 2.45) is 5.92 Å². The van der Waals surface area contributed by atoms with Gasteiger partial charge in [0, 0.05) is 12.1 Å². The monoisotopic (exact) mass is 289 g/mol. The predicted octanol–water partition coefficient (Wildman–Crippen LogP) is 5.09. The summed E-state index contributed by atoms with van der Waals surface area (Å²) in [4.78, 5) is 0. The van der Waals surface area contributed by atoms with Gasteiger partial charge in [0.05, 0.1) is 6.61 Å². The minimum atomic E-state index is 0.424. The Balaban J connectivity index is 1.80. The van der Waals surface area contributed by atoms with Crippen molar-refractivity contribution in [1.29, 1.82) is 0 Å². The average molecular weight is 289 g/mol. The molecular formula is C19H31NO. The summed E-state index contributed by atoms with van der Waals surface area (Å²) < 4.78 is 5.50. The summed E-state index contributed by atoms with van der Waals surface area (Å²) in [5.41, 5.74) is 1.36. The molecule has 1 fully saturated rings. The third kappa shape index (κ3) is 5.03. The van der Waals surface area contributed by atoms with E-state index in [4.69, 9.17) is 4.74 Å². The highest BCUT2D eigenvalue weighted by molar-refractivity contribution is 5.29. The summed E-state index contributed by atoms with van der Waals surface area (Å²) >= 11 is 0. The molecule has 1 aliphatic rings. The van der Waals surface area contributed by atoms with E-state index < -0.39 is 0 Å². The summed E-state index contributed by atoms with van der Waals surface area (Å²) in [5, 5.41) is 3.81. The molecule has 0 spiro atoms. The quantitative estimate of drug-likeness (QED) is 0.754. The van der Waals surface area contributed by atoms with Crippen molar-refractivity contribution >= 4 is 0 Å². The largest absolute Gasteiger partial charge is 0.494 e. The van der Waals surface area contributed by atoms with Gasteiger partial charge in [-0.15, -0.1) is 0 Å². The van der Waals surface area contributed by atoms with E-state index in [2.05, 4.69) is 43.4 Å². The van der Waals surface area contributed by atoms with Crippen LogP contribution >= 0.6 is 0 Å². The molecule has 118 valence electrons. The van der Waals surface area contributed by atoms with E-state index in [-0.39, 0.29) is 0 Å². The first-order chi connectivity index (χ1) is 10.2. The number of hydrogen-bond donors (Lipinski definition) is 1. The zero-order chi connectivity index (χ0) is 15.1. The third-order valence-electron chi connectivity index (χ3n) is 4.72. The maximum Gasteiger partial charge on any atom is 0.119 e. The molecule has 1 saturated carbocycles. The first-order valence-electron chi connectivity index (χ1n) is 8.71. The molecule has 0 aliphatic heterocycles. The maximum absolute atomic E-state index is 5.50. The Morgan fingerprint density at radius 2 is 1.76 bits per heavy atom. The molecule has 2 nitrogen and oxygen atoms in total. The van der Waals surface area contributed by atoms with Crippen LogP contribution in [0.5, 0.6) is 5.75 Å². The van der Waals surface area contributed by atoms with E-state index in [9.17, 15) is 0 Å². The Bertz CT molecular complexity index is 393. The van der Waals surface area contributed by atoms with Crippen molar-refractivity contribution in [2.75, 3.05) is 6.61 Å². The number of ether oxygens (including phenoxy) is 1. The van der Waals surface area contributed by atoms with Crippen molar-refractivity contribution in [3.05, 3.63) is 29.8 Å². The van der Waals surface area contributed by atoms with Crippen LogP contribution in [0.2, 0.25) is 0 Å². The van der Waals surface area contributed by atoms with Crippen LogP contribution in [0.15, 0.2) is 24.3 Å². The van der Waals surface area contributed by atoms with Crippen molar-refractivity contribution in [3.8, 4) is 5.75 Å². The highest BCUT2D eigenvalue weighted by atomic mass is 16.5. The summed E-state index contributed by atoms with van der Waals surface area (Å²) in [6, 6.07) is 9.65. The number of hydrogen-bond acceptors (Lipinski definition) is 2. The Labute approximate surface area is 130 Å². The molecular weight excluding hydrogens is 258 g/mol. The van der Waals surface area contributed by atoms with Crippen molar-refractivity contribution in [2.45, 2.75) is 71.4 Å². The SMILES string of the molecule is CCCC1CCC(NC(C)c2ccc(OCC)cc2)CC1. The minimum Gasteiger partial charge on any atom is -0.494 e. The zero-order valence-corrected chi connectivity index (χ0v) is 13.9. The third-order valence-corrected chi connectivity index (χ3v) is 4.72. The molecule has 1 unspecified atom stereocenters. The second-order valence-electron chi connectivity index (χ2n) is 6.40. The van der Waals surface area contributed by atoms with Gasteiger partial charge < -0.3 is 10.1 Å². The van der Waals surface area contributed by atoms with Gasteiger partial charge in [0.1, 0.15) is 5.75 Å². The van der Waals surface area contributed by atoms with Gasteiger partial charge in [0.15, 0.2) is 0 Å². The number of rotatable bonds is 7. The molecule has 1 atom stereocenters. The van der Waals surface area contributed by atoms with Crippen LogP contribution in [-0.2, 0) is 0 Å². The lowest BCUT2D eigenvalue weighted by molar-refractivity contribution is 0.266. The van der Waals surface area contributed by atoms with E-state index >= 15 is 0 Å². The number of nitrogens with one attached hydrogen (secondary N) is 1. The predicted molar refractivity (Wildman–Crippen MR) is 89.8 cm³/mol. The van der Waals surface area contributed by atoms with E-state index in [0.29, 0.717) is 12.1 Å². The molecule has 0 saturated heterocycles. The summed E-state index contributed by atoms with van der Waals surface area (Å²) in [6.45, 7) is 7.33. The topological polar surface area (TPSA) is 21.3 Å². The fourth-order valence-electron chi connectivity index (χ4n) is 3.50. The molecule has 2 rings (SSSR count). The van der Waals surface area contributed by atoms with Gasteiger partial charge >= 0.3 is 0 Å². The molecule has 0 aromatic heterocycles. The first-order valence-corrected chi connectivity index (χ1v) is 8.71. The Kier molecular flexibility index (Phi) is 6.56. The van der Waals surface area contributed by atoms with E-state index in [1.807, 2.05) is 6.92 Å². The molecule has 0 bridgehead atoms. The van der Waals surface area contributed by atoms with Crippen molar-refractivity contribution in [1.82, 2.24) is 5.32 Å². The molecule has 1 aliphatic carbocycles. The molecule has 0 heterocycles. The maximum atomic E-state index is 5.50.